The lowest BCUT2D eigenvalue weighted by atomic mass is 9.56. The lowest BCUT2D eigenvalue weighted by molar-refractivity contribution is 0.0379. The Bertz CT molecular complexity index is 488. The van der Waals surface area contributed by atoms with Gasteiger partial charge in [0.05, 0.1) is 0 Å². The molecule has 162 valence electrons. The fourth-order valence-corrected chi connectivity index (χ4v) is 4.46. The van der Waals surface area contributed by atoms with E-state index in [4.69, 9.17) is 0 Å². The zero-order chi connectivity index (χ0) is 21.2. The monoisotopic (exact) mass is 490 g/mol. The van der Waals surface area contributed by atoms with E-state index >= 15 is 0 Å². The second-order valence-electron chi connectivity index (χ2n) is 10.9. The molecule has 2 rings (SSSR count). The standard InChI is InChI=1S/C13H24.C11H20.C2H6.HI/c1-7-13(8-2)10-9-11(3,4)12(13,5)6;1-9(2)7-8-10(3,4)11(9,5)6;1-2;/h9-10H,7-8H2,1-6H3;7-8H,1-6H3;1-2H3;1H. The highest BCUT2D eigenvalue weighted by molar-refractivity contribution is 14.0. The molecule has 0 saturated carbocycles. The topological polar surface area (TPSA) is 0 Å². The Labute approximate surface area is 190 Å². The summed E-state index contributed by atoms with van der Waals surface area (Å²) in [5.41, 5.74) is 2.23. The molecule has 0 aromatic rings. The van der Waals surface area contributed by atoms with E-state index in [1.807, 2.05) is 13.8 Å². The zero-order valence-electron chi connectivity index (χ0n) is 21.1. The van der Waals surface area contributed by atoms with Gasteiger partial charge in [-0.2, -0.15) is 0 Å². The van der Waals surface area contributed by atoms with Gasteiger partial charge in [-0.3, -0.25) is 0 Å². The second kappa shape index (κ2) is 9.35. The molecule has 27 heavy (non-hydrogen) atoms. The molecule has 0 nitrogen and oxygen atoms in total. The van der Waals surface area contributed by atoms with Gasteiger partial charge < -0.3 is 0 Å². The molecule has 0 bridgehead atoms. The molecule has 1 heteroatoms. The molecule has 0 spiro atoms. The number of halogens is 1. The smallest absolute Gasteiger partial charge is 0.00641 e. The van der Waals surface area contributed by atoms with E-state index in [0.717, 1.165) is 0 Å². The normalized spacial score (nSPS) is 26.1. The fraction of sp³-hybridized carbons (Fsp3) is 0.846. The molecule has 0 N–H and O–H groups in total. The van der Waals surface area contributed by atoms with Crippen molar-refractivity contribution in [1.29, 1.82) is 0 Å². The van der Waals surface area contributed by atoms with Crippen LogP contribution in [-0.4, -0.2) is 0 Å². The van der Waals surface area contributed by atoms with Crippen LogP contribution >= 0.6 is 24.0 Å². The van der Waals surface area contributed by atoms with E-state index in [0.29, 0.717) is 32.5 Å². The van der Waals surface area contributed by atoms with Crippen LogP contribution < -0.4 is 0 Å². The van der Waals surface area contributed by atoms with Crippen LogP contribution in [0, 0.1) is 32.5 Å². The maximum Gasteiger partial charge on any atom is -0.00641 e. The minimum absolute atomic E-state index is 0. The first kappa shape index (κ1) is 29.4. The maximum absolute atomic E-state index is 2.47. The van der Waals surface area contributed by atoms with Gasteiger partial charge in [0.25, 0.3) is 0 Å². The third-order valence-corrected chi connectivity index (χ3v) is 9.07. The molecule has 0 radical (unpaired) electrons. The van der Waals surface area contributed by atoms with Crippen molar-refractivity contribution in [3.63, 3.8) is 0 Å². The summed E-state index contributed by atoms with van der Waals surface area (Å²) in [4.78, 5) is 0. The lowest BCUT2D eigenvalue weighted by Crippen LogP contribution is -2.40. The second-order valence-corrected chi connectivity index (χ2v) is 10.9. The van der Waals surface area contributed by atoms with Gasteiger partial charge in [-0.15, -0.1) is 24.0 Å². The molecular formula is C26H51I. The van der Waals surface area contributed by atoms with E-state index < -0.39 is 0 Å². The minimum Gasteiger partial charge on any atom is -0.107 e. The number of rotatable bonds is 2. The third kappa shape index (κ3) is 4.86. The van der Waals surface area contributed by atoms with Crippen LogP contribution in [0.4, 0.5) is 0 Å². The molecule has 2 aliphatic carbocycles. The van der Waals surface area contributed by atoms with Gasteiger partial charge in [0, 0.05) is 0 Å². The average molecular weight is 491 g/mol. The highest BCUT2D eigenvalue weighted by atomic mass is 127. The molecular weight excluding hydrogens is 439 g/mol. The highest BCUT2D eigenvalue weighted by Gasteiger charge is 2.52. The van der Waals surface area contributed by atoms with E-state index in [9.17, 15) is 0 Å². The van der Waals surface area contributed by atoms with Gasteiger partial charge in [-0.25, -0.2) is 0 Å². The first-order chi connectivity index (χ1) is 11.5. The van der Waals surface area contributed by atoms with Crippen molar-refractivity contribution in [3.8, 4) is 0 Å². The molecule has 0 unspecified atom stereocenters. The lowest BCUT2D eigenvalue weighted by Gasteiger charge is -2.47. The van der Waals surface area contributed by atoms with Crippen LogP contribution in [0.1, 0.15) is 110 Å². The van der Waals surface area contributed by atoms with Gasteiger partial charge in [0.2, 0.25) is 0 Å². The Morgan fingerprint density at radius 2 is 0.741 bits per heavy atom. The SMILES string of the molecule is CC.CC1(C)C=CC(C)(C)C1(C)C.CCC1(CC)C=CC(C)(C)C1(C)C.I. The first-order valence-corrected chi connectivity index (χ1v) is 10.9. The summed E-state index contributed by atoms with van der Waals surface area (Å²) < 4.78 is 0. The Morgan fingerprint density at radius 3 is 0.852 bits per heavy atom. The molecule has 0 saturated heterocycles. The van der Waals surface area contributed by atoms with Gasteiger partial charge in [0.15, 0.2) is 0 Å². The van der Waals surface area contributed by atoms with Crippen LogP contribution in [-0.2, 0) is 0 Å². The van der Waals surface area contributed by atoms with Gasteiger partial charge in [-0.05, 0) is 45.3 Å². The van der Waals surface area contributed by atoms with Crippen molar-refractivity contribution in [2.75, 3.05) is 0 Å². The van der Waals surface area contributed by atoms with Crippen LogP contribution in [0.2, 0.25) is 0 Å². The minimum atomic E-state index is 0. The van der Waals surface area contributed by atoms with Crippen molar-refractivity contribution in [3.05, 3.63) is 24.3 Å². The third-order valence-electron chi connectivity index (χ3n) is 9.07. The molecule has 0 aromatic heterocycles. The van der Waals surface area contributed by atoms with Gasteiger partial charge >= 0.3 is 0 Å². The number of hydrogen-bond acceptors (Lipinski definition) is 0. The predicted molar refractivity (Wildman–Crippen MR) is 137 cm³/mol. The largest absolute Gasteiger partial charge is 0.107 e. The van der Waals surface area contributed by atoms with E-state index in [1.165, 1.54) is 12.8 Å². The Morgan fingerprint density at radius 1 is 0.481 bits per heavy atom. The molecule has 0 heterocycles. The molecule has 0 atom stereocenters. The summed E-state index contributed by atoms with van der Waals surface area (Å²) in [7, 11) is 0. The van der Waals surface area contributed by atoms with Gasteiger partial charge in [0.1, 0.15) is 0 Å². The Balaban J connectivity index is 0. The van der Waals surface area contributed by atoms with E-state index in [2.05, 4.69) is 107 Å². The molecule has 2 aliphatic rings. The highest BCUT2D eigenvalue weighted by Crippen LogP contribution is 2.61. The van der Waals surface area contributed by atoms with E-state index in [1.54, 1.807) is 0 Å². The maximum atomic E-state index is 2.47. The summed E-state index contributed by atoms with van der Waals surface area (Å²) in [5.74, 6) is 0. The van der Waals surface area contributed by atoms with E-state index in [-0.39, 0.29) is 24.0 Å². The van der Waals surface area contributed by atoms with Crippen molar-refractivity contribution in [2.45, 2.75) is 110 Å². The van der Waals surface area contributed by atoms with Crippen molar-refractivity contribution < 1.29 is 0 Å². The predicted octanol–water partition coefficient (Wildman–Crippen LogP) is 9.69. The summed E-state index contributed by atoms with van der Waals surface area (Å²) >= 11 is 0. The van der Waals surface area contributed by atoms with Crippen LogP contribution in [0.5, 0.6) is 0 Å². The Hall–Kier alpha value is 0.210. The van der Waals surface area contributed by atoms with Gasteiger partial charge in [-0.1, -0.05) is 121 Å². The first-order valence-electron chi connectivity index (χ1n) is 10.9. The zero-order valence-corrected chi connectivity index (χ0v) is 23.5. The Kier molecular flexibility index (Phi) is 10.2. The average Bonchev–Trinajstić information content (AvgIpc) is 2.82. The summed E-state index contributed by atoms with van der Waals surface area (Å²) in [6.07, 6.45) is 12.1. The number of allylic oxidation sites excluding steroid dienone is 4. The molecule has 0 fully saturated rings. The van der Waals surface area contributed by atoms with Crippen molar-refractivity contribution in [1.82, 2.24) is 0 Å². The summed E-state index contributed by atoms with van der Waals surface area (Å²) in [6, 6.07) is 0. The molecule has 0 amide bonds. The van der Waals surface area contributed by atoms with Crippen LogP contribution in [0.25, 0.3) is 0 Å². The summed E-state index contributed by atoms with van der Waals surface area (Å²) in [6.45, 7) is 32.2. The molecule has 0 aromatic carbocycles. The fourth-order valence-electron chi connectivity index (χ4n) is 4.46. The van der Waals surface area contributed by atoms with Crippen molar-refractivity contribution in [2.24, 2.45) is 32.5 Å². The van der Waals surface area contributed by atoms with Crippen LogP contribution in [0.15, 0.2) is 24.3 Å². The van der Waals surface area contributed by atoms with Crippen molar-refractivity contribution >= 4 is 24.0 Å². The quantitative estimate of drug-likeness (QED) is 0.267. The number of hydrogen-bond donors (Lipinski definition) is 0. The molecule has 0 aliphatic heterocycles. The van der Waals surface area contributed by atoms with Crippen LogP contribution in [0.3, 0.4) is 0 Å². The summed E-state index contributed by atoms with van der Waals surface area (Å²) in [5, 5.41) is 0.